The van der Waals surface area contributed by atoms with E-state index in [1.807, 2.05) is 30.3 Å². The number of amides is 1. The van der Waals surface area contributed by atoms with Crippen LogP contribution in [0, 0.1) is 0 Å². The maximum Gasteiger partial charge on any atom is 0.251 e. The van der Waals surface area contributed by atoms with Crippen LogP contribution in [0.4, 0.5) is 0 Å². The van der Waals surface area contributed by atoms with Gasteiger partial charge < -0.3 is 19.4 Å². The summed E-state index contributed by atoms with van der Waals surface area (Å²) in [7, 11) is 3.12. The van der Waals surface area contributed by atoms with E-state index < -0.39 is 0 Å². The molecule has 5 rings (SSSR count). The van der Waals surface area contributed by atoms with Gasteiger partial charge in [0.2, 0.25) is 0 Å². The summed E-state index contributed by atoms with van der Waals surface area (Å²) in [5, 5.41) is 5.42. The molecule has 0 radical (unpaired) electrons. The highest BCUT2D eigenvalue weighted by Gasteiger charge is 2.15. The number of methoxy groups -OCH3 is 2. The fourth-order valence-electron chi connectivity index (χ4n) is 4.20. The predicted octanol–water partition coefficient (Wildman–Crippen LogP) is 5.19. The Morgan fingerprint density at radius 1 is 0.853 bits per heavy atom. The van der Waals surface area contributed by atoms with E-state index in [1.54, 1.807) is 32.4 Å². The first kappa shape index (κ1) is 21.5. The van der Waals surface area contributed by atoms with Gasteiger partial charge in [-0.05, 0) is 52.7 Å². The van der Waals surface area contributed by atoms with Crippen molar-refractivity contribution in [3.63, 3.8) is 0 Å². The molecule has 1 aromatic heterocycles. The summed E-state index contributed by atoms with van der Waals surface area (Å²) in [5.41, 5.74) is 3.61. The number of rotatable bonds is 7. The molecule has 0 bridgehead atoms. The fourth-order valence-corrected chi connectivity index (χ4v) is 4.20. The zero-order valence-electron chi connectivity index (χ0n) is 19.1. The standard InChI is InChI=1S/C28H25N3O3/c1-33-25-14-13-22(16-26(25)34-2)28(32)29-17-27-30-23-9-5-6-10-24(23)31(27)18-19-11-12-20-7-3-4-8-21(20)15-19/h3-16H,17-18H2,1-2H3,(H,29,32). The van der Waals surface area contributed by atoms with Crippen molar-refractivity contribution >= 4 is 27.7 Å². The SMILES string of the molecule is COc1ccc(C(=O)NCc2nc3ccccc3n2Cc2ccc3ccccc3c2)cc1OC. The van der Waals surface area contributed by atoms with Crippen molar-refractivity contribution in [1.82, 2.24) is 14.9 Å². The van der Waals surface area contributed by atoms with Gasteiger partial charge in [0.15, 0.2) is 11.5 Å². The van der Waals surface area contributed by atoms with Gasteiger partial charge in [-0.15, -0.1) is 0 Å². The number of aromatic nitrogens is 2. The third kappa shape index (κ3) is 4.18. The van der Waals surface area contributed by atoms with Crippen molar-refractivity contribution in [3.05, 3.63) is 102 Å². The minimum atomic E-state index is -0.203. The van der Waals surface area contributed by atoms with Crippen molar-refractivity contribution in [2.75, 3.05) is 14.2 Å². The number of carbonyl (C=O) groups is 1. The molecule has 5 aromatic rings. The Labute approximate surface area is 197 Å². The first-order valence-corrected chi connectivity index (χ1v) is 11.1. The van der Waals surface area contributed by atoms with Crippen molar-refractivity contribution < 1.29 is 14.3 Å². The summed E-state index contributed by atoms with van der Waals surface area (Å²) in [4.78, 5) is 17.7. The topological polar surface area (TPSA) is 65.4 Å². The second-order valence-corrected chi connectivity index (χ2v) is 8.04. The number of fused-ring (bicyclic) bond motifs is 2. The predicted molar refractivity (Wildman–Crippen MR) is 133 cm³/mol. The second-order valence-electron chi connectivity index (χ2n) is 8.04. The largest absolute Gasteiger partial charge is 0.493 e. The molecule has 0 atom stereocenters. The average Bonchev–Trinajstić information content (AvgIpc) is 3.23. The van der Waals surface area contributed by atoms with E-state index >= 15 is 0 Å². The molecule has 1 N–H and O–H groups in total. The lowest BCUT2D eigenvalue weighted by Gasteiger charge is -2.12. The van der Waals surface area contributed by atoms with Crippen molar-refractivity contribution in [3.8, 4) is 11.5 Å². The van der Waals surface area contributed by atoms with Crippen molar-refractivity contribution in [1.29, 1.82) is 0 Å². The van der Waals surface area contributed by atoms with Crippen LogP contribution >= 0.6 is 0 Å². The quantitative estimate of drug-likeness (QED) is 0.370. The molecule has 1 amide bonds. The molecule has 34 heavy (non-hydrogen) atoms. The summed E-state index contributed by atoms with van der Waals surface area (Å²) in [6.45, 7) is 0.961. The first-order chi connectivity index (χ1) is 16.7. The fraction of sp³-hybridized carbons (Fsp3) is 0.143. The van der Waals surface area contributed by atoms with Crippen molar-refractivity contribution in [2.45, 2.75) is 13.1 Å². The summed E-state index contributed by atoms with van der Waals surface area (Å²) >= 11 is 0. The maximum absolute atomic E-state index is 12.9. The minimum Gasteiger partial charge on any atom is -0.493 e. The van der Waals surface area contributed by atoms with Crippen LogP contribution in [0.15, 0.2) is 84.9 Å². The molecule has 0 aliphatic carbocycles. The Bertz CT molecular complexity index is 1490. The summed E-state index contributed by atoms with van der Waals surface area (Å²) in [6, 6.07) is 28.0. The molecule has 0 spiro atoms. The molecular formula is C28H25N3O3. The zero-order valence-corrected chi connectivity index (χ0v) is 19.1. The maximum atomic E-state index is 12.9. The lowest BCUT2D eigenvalue weighted by Crippen LogP contribution is -2.25. The molecule has 0 unspecified atom stereocenters. The molecule has 6 heteroatoms. The number of nitrogens with one attached hydrogen (secondary N) is 1. The normalized spacial score (nSPS) is 11.0. The zero-order chi connectivity index (χ0) is 23.5. The van der Waals surface area contributed by atoms with E-state index in [9.17, 15) is 4.79 Å². The van der Waals surface area contributed by atoms with Gasteiger partial charge in [0.25, 0.3) is 5.91 Å². The van der Waals surface area contributed by atoms with Gasteiger partial charge in [0.1, 0.15) is 5.82 Å². The van der Waals surface area contributed by atoms with Gasteiger partial charge in [-0.3, -0.25) is 4.79 Å². The Morgan fingerprint density at radius 2 is 1.62 bits per heavy atom. The van der Waals surface area contributed by atoms with E-state index in [0.717, 1.165) is 16.9 Å². The third-order valence-corrected chi connectivity index (χ3v) is 5.94. The van der Waals surface area contributed by atoms with E-state index in [-0.39, 0.29) is 5.91 Å². The Hall–Kier alpha value is -4.32. The molecule has 0 fully saturated rings. The summed E-state index contributed by atoms with van der Waals surface area (Å²) in [6.07, 6.45) is 0. The highest BCUT2D eigenvalue weighted by molar-refractivity contribution is 5.94. The smallest absolute Gasteiger partial charge is 0.251 e. The van der Waals surface area contributed by atoms with Crippen LogP contribution in [0.1, 0.15) is 21.7 Å². The number of carbonyl (C=O) groups excluding carboxylic acids is 1. The van der Waals surface area contributed by atoms with E-state index in [0.29, 0.717) is 30.2 Å². The number of imidazole rings is 1. The van der Waals surface area contributed by atoms with Gasteiger partial charge in [0, 0.05) is 12.1 Å². The molecule has 0 aliphatic heterocycles. The monoisotopic (exact) mass is 451 g/mol. The molecule has 4 aromatic carbocycles. The van der Waals surface area contributed by atoms with E-state index in [2.05, 4.69) is 46.3 Å². The minimum absolute atomic E-state index is 0.203. The Kier molecular flexibility index (Phi) is 5.87. The van der Waals surface area contributed by atoms with Gasteiger partial charge >= 0.3 is 0 Å². The third-order valence-electron chi connectivity index (χ3n) is 5.94. The van der Waals surface area contributed by atoms with Crippen LogP contribution in [0.3, 0.4) is 0 Å². The highest BCUT2D eigenvalue weighted by atomic mass is 16.5. The Morgan fingerprint density at radius 3 is 2.44 bits per heavy atom. The van der Waals surface area contributed by atoms with Gasteiger partial charge in [-0.25, -0.2) is 4.98 Å². The Balaban J connectivity index is 1.42. The number of ether oxygens (including phenoxy) is 2. The molecule has 170 valence electrons. The molecule has 0 saturated carbocycles. The molecule has 0 aliphatic rings. The van der Waals surface area contributed by atoms with Crippen LogP contribution in [-0.4, -0.2) is 29.7 Å². The lowest BCUT2D eigenvalue weighted by molar-refractivity contribution is 0.0949. The van der Waals surface area contributed by atoms with Gasteiger partial charge in [0.05, 0.1) is 31.8 Å². The van der Waals surface area contributed by atoms with Gasteiger partial charge in [-0.2, -0.15) is 0 Å². The highest BCUT2D eigenvalue weighted by Crippen LogP contribution is 2.27. The van der Waals surface area contributed by atoms with Crippen LogP contribution in [0.5, 0.6) is 11.5 Å². The number of hydrogen-bond donors (Lipinski definition) is 1. The van der Waals surface area contributed by atoms with Crippen LogP contribution in [0.25, 0.3) is 21.8 Å². The second kappa shape index (κ2) is 9.27. The summed E-state index contributed by atoms with van der Waals surface area (Å²) < 4.78 is 12.7. The number of para-hydroxylation sites is 2. The van der Waals surface area contributed by atoms with Gasteiger partial charge in [-0.1, -0.05) is 48.5 Å². The molecular weight excluding hydrogens is 426 g/mol. The number of nitrogens with zero attached hydrogens (tertiary/aromatic N) is 2. The lowest BCUT2D eigenvalue weighted by atomic mass is 10.1. The molecule has 0 saturated heterocycles. The first-order valence-electron chi connectivity index (χ1n) is 11.1. The van der Waals surface area contributed by atoms with Crippen LogP contribution in [-0.2, 0) is 13.1 Å². The number of benzene rings is 4. The van der Waals surface area contributed by atoms with Crippen LogP contribution < -0.4 is 14.8 Å². The molecule has 1 heterocycles. The molecule has 6 nitrogen and oxygen atoms in total. The number of hydrogen-bond acceptors (Lipinski definition) is 4. The van der Waals surface area contributed by atoms with E-state index in [4.69, 9.17) is 14.5 Å². The van der Waals surface area contributed by atoms with E-state index in [1.165, 1.54) is 16.3 Å². The average molecular weight is 452 g/mol. The summed E-state index contributed by atoms with van der Waals surface area (Å²) in [5.74, 6) is 1.68. The van der Waals surface area contributed by atoms with Crippen LogP contribution in [0.2, 0.25) is 0 Å². The van der Waals surface area contributed by atoms with Crippen molar-refractivity contribution in [2.24, 2.45) is 0 Å².